The Bertz CT molecular complexity index is 452. The van der Waals surface area contributed by atoms with Crippen LogP contribution < -0.4 is 5.43 Å². The molecule has 0 aliphatic rings. The highest BCUT2D eigenvalue weighted by Gasteiger charge is 2.14. The van der Waals surface area contributed by atoms with Crippen LogP contribution in [-0.4, -0.2) is 30.3 Å². The third kappa shape index (κ3) is 5.80. The van der Waals surface area contributed by atoms with Gasteiger partial charge in [0.05, 0.1) is 11.9 Å². The number of hydrogen-bond donors (Lipinski definition) is 1. The van der Waals surface area contributed by atoms with Crippen molar-refractivity contribution >= 4 is 12.1 Å². The number of ether oxygens (including phenoxy) is 2. The summed E-state index contributed by atoms with van der Waals surface area (Å²) in [6, 6.07) is 9.04. The fourth-order valence-corrected chi connectivity index (χ4v) is 1.26. The van der Waals surface area contributed by atoms with Crippen LogP contribution >= 0.6 is 0 Å². The van der Waals surface area contributed by atoms with Gasteiger partial charge in [-0.3, -0.25) is 0 Å². The van der Waals surface area contributed by atoms with Gasteiger partial charge in [0.25, 0.3) is 0 Å². The number of hydrazine groups is 1. The Balaban J connectivity index is 2.35. The Morgan fingerprint density at radius 3 is 2.55 bits per heavy atom. The van der Waals surface area contributed by atoms with E-state index in [1.165, 1.54) is 0 Å². The van der Waals surface area contributed by atoms with E-state index < -0.39 is 18.6 Å². The van der Waals surface area contributed by atoms with Gasteiger partial charge in [-0.25, -0.2) is 15.0 Å². The van der Waals surface area contributed by atoms with Gasteiger partial charge < -0.3 is 9.47 Å². The molecule has 0 atom stereocenters. The van der Waals surface area contributed by atoms with Crippen molar-refractivity contribution in [3.63, 3.8) is 0 Å². The van der Waals surface area contributed by atoms with Crippen LogP contribution in [0.3, 0.4) is 0 Å². The molecule has 1 aromatic carbocycles. The van der Waals surface area contributed by atoms with Gasteiger partial charge in [0.1, 0.15) is 6.61 Å². The van der Waals surface area contributed by atoms with E-state index in [1.54, 1.807) is 19.1 Å². The van der Waals surface area contributed by atoms with Crippen molar-refractivity contribution in [2.75, 3.05) is 13.2 Å². The standard InChI is InChI=1S/C12H15N3O5/c1-2-19-12(17)13-15(14-18)8-11(16)20-9-10-6-4-3-5-7-10/h3-7H,2,8-9H2,1H3,(H,13,17). The number of nitrogens with zero attached hydrogens (tertiary/aromatic N) is 2. The van der Waals surface area contributed by atoms with Crippen molar-refractivity contribution in [1.82, 2.24) is 10.5 Å². The summed E-state index contributed by atoms with van der Waals surface area (Å²) in [5, 5.41) is 2.98. The molecule has 8 heteroatoms. The van der Waals surface area contributed by atoms with Crippen LogP contribution in [0.15, 0.2) is 35.6 Å². The van der Waals surface area contributed by atoms with Crippen molar-refractivity contribution in [3.8, 4) is 0 Å². The van der Waals surface area contributed by atoms with E-state index in [0.717, 1.165) is 5.56 Å². The zero-order chi connectivity index (χ0) is 14.8. The number of esters is 1. The van der Waals surface area contributed by atoms with Crippen LogP contribution in [0.25, 0.3) is 0 Å². The first kappa shape index (κ1) is 15.4. The molecule has 0 radical (unpaired) electrons. The van der Waals surface area contributed by atoms with Crippen molar-refractivity contribution in [2.45, 2.75) is 13.5 Å². The first-order chi connectivity index (χ1) is 9.65. The molecule has 0 aliphatic heterocycles. The number of nitroso groups, excluding NO2 is 1. The molecule has 108 valence electrons. The zero-order valence-electron chi connectivity index (χ0n) is 10.9. The van der Waals surface area contributed by atoms with Gasteiger partial charge in [-0.2, -0.15) is 5.12 Å². The number of rotatable bonds is 7. The molecule has 0 heterocycles. The fourth-order valence-electron chi connectivity index (χ4n) is 1.26. The summed E-state index contributed by atoms with van der Waals surface area (Å²) >= 11 is 0. The third-order valence-corrected chi connectivity index (χ3v) is 2.12. The van der Waals surface area contributed by atoms with Crippen molar-refractivity contribution < 1.29 is 19.1 Å². The van der Waals surface area contributed by atoms with Crippen molar-refractivity contribution in [3.05, 3.63) is 40.8 Å². The summed E-state index contributed by atoms with van der Waals surface area (Å²) in [5.41, 5.74) is 2.80. The van der Waals surface area contributed by atoms with E-state index in [-0.39, 0.29) is 13.2 Å². The van der Waals surface area contributed by atoms with Gasteiger partial charge in [0.2, 0.25) is 0 Å². The van der Waals surface area contributed by atoms with Crippen LogP contribution in [0.4, 0.5) is 4.79 Å². The second kappa shape index (κ2) is 8.46. The molecule has 0 aliphatic carbocycles. The average molecular weight is 281 g/mol. The molecular weight excluding hydrogens is 266 g/mol. The minimum absolute atomic E-state index is 0.0752. The first-order valence-corrected chi connectivity index (χ1v) is 5.89. The molecule has 1 rings (SSSR count). The van der Waals surface area contributed by atoms with E-state index >= 15 is 0 Å². The molecule has 20 heavy (non-hydrogen) atoms. The molecule has 1 amide bonds. The van der Waals surface area contributed by atoms with Crippen LogP contribution in [0.1, 0.15) is 12.5 Å². The molecule has 0 saturated heterocycles. The SMILES string of the molecule is CCOC(=O)NN(CC(=O)OCc1ccccc1)N=O. The largest absolute Gasteiger partial charge is 0.459 e. The maximum absolute atomic E-state index is 11.5. The third-order valence-electron chi connectivity index (χ3n) is 2.12. The van der Waals surface area contributed by atoms with E-state index in [2.05, 4.69) is 10.0 Å². The van der Waals surface area contributed by atoms with Gasteiger partial charge in [-0.05, 0) is 12.5 Å². The van der Waals surface area contributed by atoms with E-state index in [0.29, 0.717) is 5.12 Å². The highest BCUT2D eigenvalue weighted by Crippen LogP contribution is 2.01. The van der Waals surface area contributed by atoms with Gasteiger partial charge in [-0.15, -0.1) is 4.91 Å². The molecule has 8 nitrogen and oxygen atoms in total. The summed E-state index contributed by atoms with van der Waals surface area (Å²) in [7, 11) is 0. The molecule has 0 unspecified atom stereocenters. The summed E-state index contributed by atoms with van der Waals surface area (Å²) in [6.45, 7) is 1.31. The van der Waals surface area contributed by atoms with Crippen molar-refractivity contribution in [2.24, 2.45) is 5.29 Å². The molecule has 0 fully saturated rings. The highest BCUT2D eigenvalue weighted by molar-refractivity contribution is 5.72. The number of hydrogen-bond acceptors (Lipinski definition) is 6. The van der Waals surface area contributed by atoms with Gasteiger partial charge in [-0.1, -0.05) is 30.3 Å². The number of carbonyl (C=O) groups is 2. The van der Waals surface area contributed by atoms with Crippen LogP contribution in [0, 0.1) is 4.91 Å². The zero-order valence-corrected chi connectivity index (χ0v) is 10.9. The van der Waals surface area contributed by atoms with Gasteiger partial charge in [0, 0.05) is 0 Å². The monoisotopic (exact) mass is 281 g/mol. The van der Waals surface area contributed by atoms with Crippen LogP contribution in [-0.2, 0) is 20.9 Å². The Hall–Kier alpha value is -2.64. The minimum atomic E-state index is -0.872. The predicted molar refractivity (Wildman–Crippen MR) is 68.9 cm³/mol. The highest BCUT2D eigenvalue weighted by atomic mass is 16.6. The Kier molecular flexibility index (Phi) is 6.52. The Labute approximate surface area is 115 Å². The maximum Gasteiger partial charge on any atom is 0.427 e. The van der Waals surface area contributed by atoms with E-state index in [1.807, 2.05) is 23.6 Å². The number of amides is 1. The topological polar surface area (TPSA) is 97.3 Å². The van der Waals surface area contributed by atoms with E-state index in [9.17, 15) is 14.5 Å². The van der Waals surface area contributed by atoms with Crippen molar-refractivity contribution in [1.29, 1.82) is 0 Å². The van der Waals surface area contributed by atoms with Gasteiger partial charge in [0.15, 0.2) is 6.54 Å². The lowest BCUT2D eigenvalue weighted by Crippen LogP contribution is -2.41. The lowest BCUT2D eigenvalue weighted by Gasteiger charge is -2.14. The summed E-state index contributed by atoms with van der Waals surface area (Å²) in [5.74, 6) is -0.703. The quantitative estimate of drug-likeness (QED) is 0.460. The fraction of sp³-hybridized carbons (Fsp3) is 0.333. The summed E-state index contributed by atoms with van der Waals surface area (Å²) < 4.78 is 9.47. The normalized spacial score (nSPS) is 9.45. The Morgan fingerprint density at radius 2 is 1.95 bits per heavy atom. The number of carbonyl (C=O) groups excluding carboxylic acids is 2. The number of benzene rings is 1. The average Bonchev–Trinajstić information content (AvgIpc) is 2.45. The molecule has 0 spiro atoms. The summed E-state index contributed by atoms with van der Waals surface area (Å²) in [4.78, 5) is 33.0. The maximum atomic E-state index is 11.5. The van der Waals surface area contributed by atoms with Gasteiger partial charge >= 0.3 is 12.1 Å². The molecule has 0 aromatic heterocycles. The lowest BCUT2D eigenvalue weighted by atomic mass is 10.2. The molecule has 1 aromatic rings. The predicted octanol–water partition coefficient (Wildman–Crippen LogP) is 1.37. The molecule has 0 saturated carbocycles. The smallest absolute Gasteiger partial charge is 0.427 e. The van der Waals surface area contributed by atoms with Crippen LogP contribution in [0.5, 0.6) is 0 Å². The van der Waals surface area contributed by atoms with Crippen LogP contribution in [0.2, 0.25) is 0 Å². The second-order valence-electron chi connectivity index (χ2n) is 3.62. The minimum Gasteiger partial charge on any atom is -0.459 e. The first-order valence-electron chi connectivity index (χ1n) is 5.89. The molecule has 1 N–H and O–H groups in total. The second-order valence-corrected chi connectivity index (χ2v) is 3.62. The van der Waals surface area contributed by atoms with E-state index in [4.69, 9.17) is 4.74 Å². The Morgan fingerprint density at radius 1 is 1.25 bits per heavy atom. The summed E-state index contributed by atoms with van der Waals surface area (Å²) in [6.07, 6.45) is -0.872. The lowest BCUT2D eigenvalue weighted by molar-refractivity contribution is -0.147. The number of nitrogens with one attached hydrogen (secondary N) is 1. The molecular formula is C12H15N3O5. The molecule has 0 bridgehead atoms.